The van der Waals surface area contributed by atoms with Gasteiger partial charge >= 0.3 is 0 Å². The van der Waals surface area contributed by atoms with Gasteiger partial charge in [-0.25, -0.2) is 0 Å². The number of nitrogens with one attached hydrogen (secondary N) is 1. The first kappa shape index (κ1) is 17.2. The zero-order valence-corrected chi connectivity index (χ0v) is 14.3. The number of nitriles is 1. The minimum absolute atomic E-state index is 0.316. The number of hydrogen-bond donors (Lipinski definition) is 1. The summed E-state index contributed by atoms with van der Waals surface area (Å²) in [5.74, 6) is 0.934. The van der Waals surface area contributed by atoms with Crippen LogP contribution in [0.4, 0.5) is 0 Å². The molecule has 1 aromatic heterocycles. The highest BCUT2D eigenvalue weighted by atomic mass is 16.5. The number of carbonyl (C=O) groups excluding carboxylic acids is 1. The number of benzene rings is 2. The summed E-state index contributed by atoms with van der Waals surface area (Å²) in [6.07, 6.45) is 0. The molecule has 1 amide bonds. The third-order valence-electron chi connectivity index (χ3n) is 3.78. The van der Waals surface area contributed by atoms with E-state index in [-0.39, 0.29) is 5.91 Å². The van der Waals surface area contributed by atoms with Crippen molar-refractivity contribution < 1.29 is 14.1 Å². The van der Waals surface area contributed by atoms with Gasteiger partial charge in [-0.2, -0.15) is 10.2 Å². The second-order valence-electron chi connectivity index (χ2n) is 5.51. The van der Waals surface area contributed by atoms with Gasteiger partial charge in [0.15, 0.2) is 5.82 Å². The van der Waals surface area contributed by atoms with Crippen LogP contribution >= 0.6 is 0 Å². The lowest BCUT2D eigenvalue weighted by atomic mass is 10.0. The van der Waals surface area contributed by atoms with E-state index in [0.29, 0.717) is 34.2 Å². The summed E-state index contributed by atoms with van der Waals surface area (Å²) in [5, 5.41) is 15.9. The second kappa shape index (κ2) is 7.49. The summed E-state index contributed by atoms with van der Waals surface area (Å²) in [6, 6.07) is 15.1. The summed E-state index contributed by atoms with van der Waals surface area (Å²) < 4.78 is 10.5. The Hall–Kier alpha value is -3.66. The Labute approximate surface area is 150 Å². The van der Waals surface area contributed by atoms with Gasteiger partial charge in [-0.1, -0.05) is 29.4 Å². The van der Waals surface area contributed by atoms with E-state index >= 15 is 0 Å². The fraction of sp³-hybridized carbons (Fsp3) is 0.158. The van der Waals surface area contributed by atoms with Crippen LogP contribution in [0.25, 0.3) is 0 Å². The Morgan fingerprint density at radius 1 is 1.27 bits per heavy atom. The number of rotatable bonds is 5. The number of para-hydroxylation sites is 1. The van der Waals surface area contributed by atoms with E-state index in [1.54, 1.807) is 38.3 Å². The van der Waals surface area contributed by atoms with Crippen molar-refractivity contribution in [3.63, 3.8) is 0 Å². The maximum absolute atomic E-state index is 12.7. The minimum Gasteiger partial charge on any atom is -0.496 e. The van der Waals surface area contributed by atoms with Crippen molar-refractivity contribution >= 4 is 5.91 Å². The highest BCUT2D eigenvalue weighted by Gasteiger charge is 2.25. The molecule has 2 aromatic carbocycles. The molecule has 1 N–H and O–H groups in total. The maximum Gasteiger partial charge on any atom is 0.252 e. The van der Waals surface area contributed by atoms with Crippen LogP contribution in [0.5, 0.6) is 5.75 Å². The van der Waals surface area contributed by atoms with Crippen molar-refractivity contribution in [3.05, 3.63) is 76.9 Å². The number of aryl methyl sites for hydroxylation is 1. The maximum atomic E-state index is 12.7. The van der Waals surface area contributed by atoms with Crippen LogP contribution in [-0.4, -0.2) is 23.2 Å². The van der Waals surface area contributed by atoms with Crippen LogP contribution in [0.1, 0.15) is 39.2 Å². The number of methoxy groups -OCH3 is 1. The first-order chi connectivity index (χ1) is 12.6. The van der Waals surface area contributed by atoms with E-state index < -0.39 is 6.04 Å². The molecule has 26 heavy (non-hydrogen) atoms. The lowest BCUT2D eigenvalue weighted by Gasteiger charge is -2.18. The molecule has 0 aliphatic carbocycles. The van der Waals surface area contributed by atoms with E-state index in [1.807, 2.05) is 24.3 Å². The number of carbonyl (C=O) groups is 1. The topological polar surface area (TPSA) is 101 Å². The lowest BCUT2D eigenvalue weighted by molar-refractivity contribution is 0.0941. The zero-order chi connectivity index (χ0) is 18.5. The summed E-state index contributed by atoms with van der Waals surface area (Å²) in [4.78, 5) is 17.0. The number of ether oxygens (including phenoxy) is 1. The molecule has 3 rings (SSSR count). The monoisotopic (exact) mass is 348 g/mol. The zero-order valence-electron chi connectivity index (χ0n) is 14.3. The molecule has 0 aliphatic heterocycles. The van der Waals surface area contributed by atoms with E-state index in [2.05, 4.69) is 15.5 Å². The molecule has 7 heteroatoms. The standard InChI is InChI=1S/C19H16N4O3/c1-12-21-18(23-26-12)17(15-8-3-4-9-16(15)25-2)22-19(24)14-7-5-6-13(10-14)11-20/h3-10,17H,1-2H3,(H,22,24). The predicted octanol–water partition coefficient (Wildman–Crippen LogP) is 2.78. The fourth-order valence-corrected chi connectivity index (χ4v) is 2.56. The molecule has 3 aromatic rings. The highest BCUT2D eigenvalue weighted by Crippen LogP contribution is 2.28. The van der Waals surface area contributed by atoms with Gasteiger partial charge in [0.1, 0.15) is 11.8 Å². The van der Waals surface area contributed by atoms with Gasteiger partial charge in [0.2, 0.25) is 5.89 Å². The normalized spacial score (nSPS) is 11.4. The first-order valence-corrected chi connectivity index (χ1v) is 7.86. The Kier molecular flexibility index (Phi) is 4.94. The second-order valence-corrected chi connectivity index (χ2v) is 5.51. The van der Waals surface area contributed by atoms with Crippen LogP contribution in [0.2, 0.25) is 0 Å². The molecule has 0 fully saturated rings. The summed E-state index contributed by atoms with van der Waals surface area (Å²) in [6.45, 7) is 1.67. The van der Waals surface area contributed by atoms with E-state index in [1.165, 1.54) is 6.07 Å². The molecular formula is C19H16N4O3. The van der Waals surface area contributed by atoms with Gasteiger partial charge in [-0.3, -0.25) is 4.79 Å². The molecule has 0 bridgehead atoms. The molecule has 1 heterocycles. The molecule has 7 nitrogen and oxygen atoms in total. The predicted molar refractivity (Wildman–Crippen MR) is 92.5 cm³/mol. The van der Waals surface area contributed by atoms with Crippen LogP contribution in [-0.2, 0) is 0 Å². The van der Waals surface area contributed by atoms with Crippen LogP contribution in [0.3, 0.4) is 0 Å². The molecule has 1 atom stereocenters. The van der Waals surface area contributed by atoms with Gasteiger partial charge in [0.25, 0.3) is 5.91 Å². The Bertz CT molecular complexity index is 975. The van der Waals surface area contributed by atoms with Gasteiger partial charge in [0.05, 0.1) is 18.7 Å². The smallest absolute Gasteiger partial charge is 0.252 e. The average Bonchev–Trinajstić information content (AvgIpc) is 3.12. The fourth-order valence-electron chi connectivity index (χ4n) is 2.56. The molecule has 0 aliphatic rings. The summed E-state index contributed by atoms with van der Waals surface area (Å²) in [5.41, 5.74) is 1.46. The van der Waals surface area contributed by atoms with E-state index in [9.17, 15) is 4.79 Å². The molecule has 1 unspecified atom stereocenters. The van der Waals surface area contributed by atoms with Crippen molar-refractivity contribution in [1.29, 1.82) is 5.26 Å². The molecule has 0 radical (unpaired) electrons. The highest BCUT2D eigenvalue weighted by molar-refractivity contribution is 5.95. The minimum atomic E-state index is -0.665. The van der Waals surface area contributed by atoms with E-state index in [0.717, 1.165) is 0 Å². The quantitative estimate of drug-likeness (QED) is 0.761. The molecule has 0 spiro atoms. The van der Waals surface area contributed by atoms with Crippen molar-refractivity contribution in [2.75, 3.05) is 7.11 Å². The number of amides is 1. The third kappa shape index (κ3) is 3.54. The first-order valence-electron chi connectivity index (χ1n) is 7.86. The number of hydrogen-bond acceptors (Lipinski definition) is 6. The van der Waals surface area contributed by atoms with Crippen molar-refractivity contribution in [3.8, 4) is 11.8 Å². The van der Waals surface area contributed by atoms with Crippen LogP contribution in [0.15, 0.2) is 53.1 Å². The largest absolute Gasteiger partial charge is 0.496 e. The van der Waals surface area contributed by atoms with Gasteiger partial charge in [0, 0.05) is 18.1 Å². The van der Waals surface area contributed by atoms with Crippen molar-refractivity contribution in [2.24, 2.45) is 0 Å². The van der Waals surface area contributed by atoms with Gasteiger partial charge in [-0.05, 0) is 24.3 Å². The number of nitrogens with zero attached hydrogens (tertiary/aromatic N) is 3. The number of aromatic nitrogens is 2. The van der Waals surface area contributed by atoms with Gasteiger partial charge < -0.3 is 14.6 Å². The third-order valence-corrected chi connectivity index (χ3v) is 3.78. The molecule has 0 saturated carbocycles. The summed E-state index contributed by atoms with van der Waals surface area (Å²) >= 11 is 0. The Morgan fingerprint density at radius 3 is 2.77 bits per heavy atom. The van der Waals surface area contributed by atoms with Gasteiger partial charge in [-0.15, -0.1) is 0 Å². The summed E-state index contributed by atoms with van der Waals surface area (Å²) in [7, 11) is 1.55. The van der Waals surface area contributed by atoms with Crippen molar-refractivity contribution in [1.82, 2.24) is 15.5 Å². The molecule has 130 valence electrons. The van der Waals surface area contributed by atoms with Crippen LogP contribution in [0, 0.1) is 18.3 Å². The Morgan fingerprint density at radius 2 is 2.08 bits per heavy atom. The Balaban J connectivity index is 1.99. The van der Waals surface area contributed by atoms with Crippen LogP contribution < -0.4 is 10.1 Å². The molecule has 0 saturated heterocycles. The average molecular weight is 348 g/mol. The van der Waals surface area contributed by atoms with Crippen molar-refractivity contribution in [2.45, 2.75) is 13.0 Å². The lowest BCUT2D eigenvalue weighted by Crippen LogP contribution is -2.30. The van der Waals surface area contributed by atoms with E-state index in [4.69, 9.17) is 14.5 Å². The molecular weight excluding hydrogens is 332 g/mol. The SMILES string of the molecule is COc1ccccc1C(NC(=O)c1cccc(C#N)c1)c1noc(C)n1.